The van der Waals surface area contributed by atoms with Crippen LogP contribution >= 0.6 is 0 Å². The Hall–Kier alpha value is -4.84. The van der Waals surface area contributed by atoms with Crippen molar-refractivity contribution in [3.63, 3.8) is 0 Å². The van der Waals surface area contributed by atoms with Gasteiger partial charge in [0.15, 0.2) is 0 Å². The summed E-state index contributed by atoms with van der Waals surface area (Å²) in [5.41, 5.74) is 8.39. The molecule has 0 bridgehead atoms. The third-order valence-electron chi connectivity index (χ3n) is 10.9. The maximum absolute atomic E-state index is 13.3. The third kappa shape index (κ3) is 6.85. The Morgan fingerprint density at radius 2 is 1.67 bits per heavy atom. The topological polar surface area (TPSA) is 135 Å². The normalized spacial score (nSPS) is 21.9. The lowest BCUT2D eigenvalue weighted by Crippen LogP contribution is -2.40. The number of hydrogen-bond donors (Lipinski definition) is 2. The number of likely N-dealkylation sites (tertiary alicyclic amines) is 2. The van der Waals surface area contributed by atoms with Crippen LogP contribution in [0.15, 0.2) is 36.5 Å². The summed E-state index contributed by atoms with van der Waals surface area (Å²) in [7, 11) is 1.70. The summed E-state index contributed by atoms with van der Waals surface area (Å²) in [6, 6.07) is 10.6. The minimum Gasteiger partial charge on any atom is -0.488 e. The molecule has 12 heteroatoms. The van der Waals surface area contributed by atoms with E-state index in [0.717, 1.165) is 94.4 Å². The van der Waals surface area contributed by atoms with Crippen molar-refractivity contribution in [2.24, 2.45) is 5.92 Å². The van der Waals surface area contributed by atoms with Crippen molar-refractivity contribution < 1.29 is 28.5 Å². The van der Waals surface area contributed by atoms with E-state index in [0.29, 0.717) is 19.8 Å². The molecule has 2 amide bonds. The number of methoxy groups -OCH3 is 1. The molecule has 0 saturated carbocycles. The van der Waals surface area contributed by atoms with Gasteiger partial charge in [0, 0.05) is 42.4 Å². The Morgan fingerprint density at radius 3 is 2.43 bits per heavy atom. The number of amides is 2. The molecule has 4 aliphatic rings. The number of aromatic amines is 2. The standard InChI is InChI=1S/C42H52N6O6/c1-23-9-14-33(48(23)40(50)54-42(5,6)7)37-43-19-32(45-37)26-10-12-28-27(16-26)22-52-35-18-29-25(17-30(28)35)11-13-31-36(29)46-38(44-31)34-15-24(21-51-8)20-47(34)39(49)53-41(2,3)4/h10,12,16-19,23-24,33-34H,9,11,13-15,20-22H2,1-8H3,(H,43,45)(H,44,46). The highest BCUT2D eigenvalue weighted by Crippen LogP contribution is 2.46. The molecule has 4 unspecified atom stereocenters. The fourth-order valence-electron chi connectivity index (χ4n) is 8.52. The van der Waals surface area contributed by atoms with E-state index in [1.807, 2.05) is 52.6 Å². The number of aryl methyl sites for hydroxylation is 2. The molecule has 2 fully saturated rings. The lowest BCUT2D eigenvalue weighted by atomic mass is 9.86. The summed E-state index contributed by atoms with van der Waals surface area (Å²) >= 11 is 0. The number of nitrogens with zero attached hydrogens (tertiary/aromatic N) is 4. The first-order valence-electron chi connectivity index (χ1n) is 19.2. The zero-order valence-corrected chi connectivity index (χ0v) is 32.7. The molecule has 2 N–H and O–H groups in total. The van der Waals surface area contributed by atoms with Gasteiger partial charge in [-0.25, -0.2) is 19.6 Å². The molecule has 2 saturated heterocycles. The van der Waals surface area contributed by atoms with Crippen LogP contribution in [0, 0.1) is 5.92 Å². The lowest BCUT2D eigenvalue weighted by Gasteiger charge is -2.30. The molecule has 4 atom stereocenters. The van der Waals surface area contributed by atoms with Crippen molar-refractivity contribution in [1.82, 2.24) is 29.7 Å². The quantitative estimate of drug-likeness (QED) is 0.208. The molecule has 2 aromatic heterocycles. The highest BCUT2D eigenvalue weighted by molar-refractivity contribution is 5.83. The number of nitrogens with one attached hydrogen (secondary N) is 2. The van der Waals surface area contributed by atoms with Gasteiger partial charge in [-0.05, 0) is 121 Å². The molecular weight excluding hydrogens is 684 g/mol. The van der Waals surface area contributed by atoms with Gasteiger partial charge in [0.05, 0.1) is 36.3 Å². The van der Waals surface area contributed by atoms with Crippen LogP contribution in [0.1, 0.15) is 108 Å². The first-order chi connectivity index (χ1) is 25.7. The van der Waals surface area contributed by atoms with Crippen molar-refractivity contribution in [1.29, 1.82) is 0 Å². The van der Waals surface area contributed by atoms with Gasteiger partial charge in [0.2, 0.25) is 0 Å². The van der Waals surface area contributed by atoms with E-state index >= 15 is 0 Å². The Bertz CT molecular complexity index is 2090. The monoisotopic (exact) mass is 736 g/mol. The Labute approximate surface area is 316 Å². The number of aromatic nitrogens is 4. The maximum atomic E-state index is 13.3. The number of imidazole rings is 2. The van der Waals surface area contributed by atoms with Gasteiger partial charge in [0.25, 0.3) is 0 Å². The molecule has 4 aromatic rings. The van der Waals surface area contributed by atoms with Crippen LogP contribution in [-0.2, 0) is 33.7 Å². The summed E-state index contributed by atoms with van der Waals surface area (Å²) in [6.45, 7) is 15.0. The fourth-order valence-corrected chi connectivity index (χ4v) is 8.52. The number of rotatable bonds is 5. The molecule has 12 nitrogen and oxygen atoms in total. The van der Waals surface area contributed by atoms with Crippen LogP contribution in [0.4, 0.5) is 9.59 Å². The number of H-pyrrole nitrogens is 2. The zero-order chi connectivity index (χ0) is 38.1. The van der Waals surface area contributed by atoms with Crippen molar-refractivity contribution in [2.45, 2.75) is 117 Å². The molecule has 0 spiro atoms. The molecule has 54 heavy (non-hydrogen) atoms. The van der Waals surface area contributed by atoms with Crippen LogP contribution < -0.4 is 4.74 Å². The number of carbonyl (C=O) groups is 2. The first-order valence-corrected chi connectivity index (χ1v) is 19.2. The second-order valence-electron chi connectivity index (χ2n) is 17.3. The first kappa shape index (κ1) is 36.2. The molecule has 2 aromatic carbocycles. The Morgan fingerprint density at radius 1 is 0.889 bits per heavy atom. The number of fused-ring (bicyclic) bond motifs is 6. The van der Waals surface area contributed by atoms with Gasteiger partial charge in [-0.15, -0.1) is 0 Å². The zero-order valence-electron chi connectivity index (χ0n) is 32.7. The molecular formula is C42H52N6O6. The smallest absolute Gasteiger partial charge is 0.411 e. The number of ether oxygens (including phenoxy) is 4. The fraction of sp³-hybridized carbons (Fsp3) is 0.524. The summed E-state index contributed by atoms with van der Waals surface area (Å²) in [4.78, 5) is 47.1. The van der Waals surface area contributed by atoms with E-state index in [1.165, 1.54) is 5.56 Å². The molecule has 0 radical (unpaired) electrons. The van der Waals surface area contributed by atoms with Gasteiger partial charge in [-0.2, -0.15) is 0 Å². The van der Waals surface area contributed by atoms with Gasteiger partial charge in [-0.3, -0.25) is 9.80 Å². The predicted octanol–water partition coefficient (Wildman–Crippen LogP) is 8.53. The van der Waals surface area contributed by atoms with Crippen molar-refractivity contribution in [3.05, 3.63) is 65.0 Å². The third-order valence-corrected chi connectivity index (χ3v) is 10.9. The van der Waals surface area contributed by atoms with Crippen molar-refractivity contribution >= 4 is 12.2 Å². The van der Waals surface area contributed by atoms with Crippen LogP contribution in [0.3, 0.4) is 0 Å². The number of carbonyl (C=O) groups excluding carboxylic acids is 2. The van der Waals surface area contributed by atoms with Crippen LogP contribution in [-0.4, -0.2) is 79.4 Å². The van der Waals surface area contributed by atoms with Gasteiger partial charge < -0.3 is 28.9 Å². The second kappa shape index (κ2) is 13.5. The molecule has 8 rings (SSSR count). The molecule has 286 valence electrons. The summed E-state index contributed by atoms with van der Waals surface area (Å²) in [5.74, 6) is 2.59. The number of hydrogen-bond acceptors (Lipinski definition) is 8. The van der Waals surface area contributed by atoms with Crippen LogP contribution in [0.5, 0.6) is 5.75 Å². The minimum absolute atomic E-state index is 0.0717. The SMILES string of the molecule is COCC1CC(c2nc3c([nH]2)CCc2cc4c(cc2-3)OCc2cc(-c3cnc(C5CCC(C)N5C(=O)OC(C)(C)C)[nH]3)ccc2-4)N(C(=O)OC(C)(C)C)C1. The Balaban J connectivity index is 1.04. The van der Waals surface area contributed by atoms with Crippen LogP contribution in [0.2, 0.25) is 0 Å². The summed E-state index contributed by atoms with van der Waals surface area (Å²) in [6.07, 6.45) is 5.39. The Kier molecular flexibility index (Phi) is 9.02. The van der Waals surface area contributed by atoms with E-state index in [1.54, 1.807) is 12.0 Å². The van der Waals surface area contributed by atoms with E-state index in [-0.39, 0.29) is 36.2 Å². The molecule has 1 aliphatic carbocycles. The highest BCUT2D eigenvalue weighted by atomic mass is 16.6. The van der Waals surface area contributed by atoms with Crippen LogP contribution in [0.25, 0.3) is 33.6 Å². The van der Waals surface area contributed by atoms with Crippen molar-refractivity contribution in [2.75, 3.05) is 20.3 Å². The van der Waals surface area contributed by atoms with Gasteiger partial charge in [-0.1, -0.05) is 12.1 Å². The van der Waals surface area contributed by atoms with E-state index < -0.39 is 11.2 Å². The van der Waals surface area contributed by atoms with E-state index in [9.17, 15) is 9.59 Å². The summed E-state index contributed by atoms with van der Waals surface area (Å²) in [5, 5.41) is 0. The lowest BCUT2D eigenvalue weighted by molar-refractivity contribution is 0.0150. The summed E-state index contributed by atoms with van der Waals surface area (Å²) < 4.78 is 23.5. The second-order valence-corrected chi connectivity index (χ2v) is 17.3. The minimum atomic E-state index is -0.592. The van der Waals surface area contributed by atoms with Crippen molar-refractivity contribution in [3.8, 4) is 39.4 Å². The maximum Gasteiger partial charge on any atom is 0.411 e. The average molecular weight is 737 g/mol. The van der Waals surface area contributed by atoms with Gasteiger partial charge >= 0.3 is 12.2 Å². The predicted molar refractivity (Wildman–Crippen MR) is 204 cm³/mol. The average Bonchev–Trinajstić information content (AvgIpc) is 3.91. The number of benzene rings is 2. The van der Waals surface area contributed by atoms with E-state index in [4.69, 9.17) is 28.9 Å². The van der Waals surface area contributed by atoms with E-state index in [2.05, 4.69) is 47.2 Å². The molecule has 5 heterocycles. The largest absolute Gasteiger partial charge is 0.488 e. The van der Waals surface area contributed by atoms with Gasteiger partial charge in [0.1, 0.15) is 35.2 Å². The molecule has 3 aliphatic heterocycles. The highest BCUT2D eigenvalue weighted by Gasteiger charge is 2.42.